The molecule has 0 saturated carbocycles. The summed E-state index contributed by atoms with van der Waals surface area (Å²) in [4.78, 5) is 28.4. The Labute approximate surface area is 305 Å². The summed E-state index contributed by atoms with van der Waals surface area (Å²) < 4.78 is 20.1. The van der Waals surface area contributed by atoms with Crippen molar-refractivity contribution >= 4 is 28.6 Å². The molecule has 0 unspecified atom stereocenters. The van der Waals surface area contributed by atoms with E-state index in [0.717, 1.165) is 61.2 Å². The predicted molar refractivity (Wildman–Crippen MR) is 210 cm³/mol. The molecule has 1 saturated heterocycles. The number of imide groups is 1. The maximum Gasteiger partial charge on any atom is 0.417 e. The molecule has 1 aliphatic rings. The lowest BCUT2D eigenvalue weighted by atomic mass is 9.85. The van der Waals surface area contributed by atoms with Crippen molar-refractivity contribution in [2.45, 2.75) is 168 Å². The van der Waals surface area contributed by atoms with Crippen LogP contribution in [0.4, 0.5) is 4.79 Å². The molecular formula is C41H67NO6Si2. The average Bonchev–Trinajstić information content (AvgIpc) is 3.32. The topological polar surface area (TPSA) is 85.3 Å². The molecule has 9 heteroatoms. The van der Waals surface area contributed by atoms with Crippen LogP contribution < -0.4 is 8.85 Å². The lowest BCUT2D eigenvalue weighted by Gasteiger charge is -2.40. The fraction of sp³-hybridized carbons (Fsp3) is 0.659. The number of aliphatic hydroxyl groups is 1. The summed E-state index contributed by atoms with van der Waals surface area (Å²) in [5, 5.41) is 11.9. The van der Waals surface area contributed by atoms with Gasteiger partial charge in [0.25, 0.3) is 0 Å². The number of hydrogen-bond acceptors (Lipinski definition) is 6. The minimum atomic E-state index is -2.35. The first-order valence-corrected chi connectivity index (χ1v) is 24.7. The summed E-state index contributed by atoms with van der Waals surface area (Å²) in [5.74, 6) is 0.353. The molecule has 0 radical (unpaired) electrons. The van der Waals surface area contributed by atoms with E-state index in [4.69, 9.17) is 13.6 Å². The van der Waals surface area contributed by atoms with Crippen molar-refractivity contribution < 1.29 is 28.3 Å². The van der Waals surface area contributed by atoms with Gasteiger partial charge in [0.15, 0.2) is 0 Å². The van der Waals surface area contributed by atoms with E-state index >= 15 is 0 Å². The van der Waals surface area contributed by atoms with Gasteiger partial charge < -0.3 is 18.7 Å². The zero-order valence-electron chi connectivity index (χ0n) is 33.6. The highest BCUT2D eigenvalue weighted by atomic mass is 28.4. The molecule has 7 nitrogen and oxygen atoms in total. The highest BCUT2D eigenvalue weighted by Crippen LogP contribution is 2.49. The molecule has 3 rings (SSSR count). The number of carbonyl (C=O) groups is 2. The van der Waals surface area contributed by atoms with Crippen molar-refractivity contribution in [3.8, 4) is 11.5 Å². The lowest BCUT2D eigenvalue weighted by Crippen LogP contribution is -2.45. The summed E-state index contributed by atoms with van der Waals surface area (Å²) in [6, 6.07) is 12.9. The largest absolute Gasteiger partial charge is 0.543 e. The van der Waals surface area contributed by atoms with Crippen LogP contribution in [0.25, 0.3) is 0 Å². The van der Waals surface area contributed by atoms with Crippen LogP contribution in [0.5, 0.6) is 11.5 Å². The van der Waals surface area contributed by atoms with E-state index < -0.39 is 52.8 Å². The number of cyclic esters (lactones) is 1. The van der Waals surface area contributed by atoms with E-state index in [9.17, 15) is 14.7 Å². The van der Waals surface area contributed by atoms with Gasteiger partial charge in [-0.3, -0.25) is 4.79 Å². The van der Waals surface area contributed by atoms with Crippen LogP contribution in [0.1, 0.15) is 143 Å². The molecule has 2 amide bonds. The van der Waals surface area contributed by atoms with Crippen molar-refractivity contribution in [1.82, 2.24) is 4.90 Å². The molecule has 0 aliphatic carbocycles. The monoisotopic (exact) mass is 725 g/mol. The molecule has 0 spiro atoms. The number of benzene rings is 2. The molecule has 280 valence electrons. The lowest BCUT2D eigenvalue weighted by molar-refractivity contribution is -0.136. The first-order valence-electron chi connectivity index (χ1n) is 18.9. The van der Waals surface area contributed by atoms with E-state index in [0.29, 0.717) is 5.56 Å². The summed E-state index contributed by atoms with van der Waals surface area (Å²) in [7, 11) is -4.70. The predicted octanol–water partition coefficient (Wildman–Crippen LogP) is 11.7. The minimum absolute atomic E-state index is 0.0630. The van der Waals surface area contributed by atoms with E-state index in [1.54, 1.807) is 6.92 Å². The number of ether oxygens (including phenoxy) is 1. The number of aliphatic hydroxyl groups excluding tert-OH is 1. The van der Waals surface area contributed by atoms with Gasteiger partial charge >= 0.3 is 6.09 Å². The maximum atomic E-state index is 14.1. The first-order chi connectivity index (χ1) is 23.1. The number of hydrogen-bond donors (Lipinski definition) is 1. The van der Waals surface area contributed by atoms with Crippen LogP contribution in [0.3, 0.4) is 0 Å². The second-order valence-corrected chi connectivity index (χ2v) is 27.0. The van der Waals surface area contributed by atoms with E-state index in [-0.39, 0.29) is 16.0 Å². The minimum Gasteiger partial charge on any atom is -0.543 e. The average molecular weight is 726 g/mol. The van der Waals surface area contributed by atoms with Gasteiger partial charge in [-0.25, -0.2) is 9.69 Å². The molecule has 50 heavy (non-hydrogen) atoms. The number of unbranched alkanes of at least 4 members (excludes halogenated alkanes) is 2. The van der Waals surface area contributed by atoms with E-state index in [1.807, 2.05) is 49.4 Å². The number of rotatable bonds is 15. The SMILES string of the molecule is CCCCC(CCCC)c1c(O[Si](C)(C)C(C)(C)C)cc([C@H](O)[C@@H](C)C(=O)N2C(=O)O[C@@H](c3ccccc3)[C@H]2C)cc1O[Si](C)(C)C(C)(C)C. The van der Waals surface area contributed by atoms with Gasteiger partial charge in [-0.15, -0.1) is 0 Å². The molecule has 2 aromatic carbocycles. The van der Waals surface area contributed by atoms with Gasteiger partial charge in [-0.2, -0.15) is 0 Å². The summed E-state index contributed by atoms with van der Waals surface area (Å²) >= 11 is 0. The van der Waals surface area contributed by atoms with E-state index in [1.165, 1.54) is 4.90 Å². The van der Waals surface area contributed by atoms with E-state index in [2.05, 4.69) is 81.6 Å². The Balaban J connectivity index is 2.20. The van der Waals surface area contributed by atoms with Crippen LogP contribution in [0.2, 0.25) is 36.3 Å². The standard InChI is InChI=1S/C41H67NO6Si2/c1-15-17-22-30(23-18-16-2)35-33(47-49(11,12)40(5,6)7)26-32(27-34(35)48-50(13,14)41(8,9)10)36(43)28(3)38(44)42-29(4)37(46-39(42)45)31-24-20-19-21-25-31/h19-21,24-30,36-37,43H,15-18,22-23H2,1-14H3/t28-,29-,36-,37-/m1/s1. The van der Waals surface area contributed by atoms with Crippen LogP contribution >= 0.6 is 0 Å². The molecule has 1 aliphatic heterocycles. The molecule has 2 aromatic rings. The molecular weight excluding hydrogens is 659 g/mol. The summed E-state index contributed by atoms with van der Waals surface area (Å²) in [6.45, 7) is 30.3. The maximum absolute atomic E-state index is 14.1. The van der Waals surface area contributed by atoms with Gasteiger partial charge in [-0.05, 0) is 85.2 Å². The van der Waals surface area contributed by atoms with Crippen molar-refractivity contribution in [2.24, 2.45) is 5.92 Å². The van der Waals surface area contributed by atoms with Gasteiger partial charge in [0.05, 0.1) is 18.1 Å². The quantitative estimate of drug-likeness (QED) is 0.184. The number of carbonyl (C=O) groups excluding carboxylic acids is 2. The molecule has 1 fully saturated rings. The van der Waals surface area contributed by atoms with Crippen LogP contribution in [-0.4, -0.2) is 44.7 Å². The van der Waals surface area contributed by atoms with Gasteiger partial charge in [0.2, 0.25) is 22.5 Å². The van der Waals surface area contributed by atoms with Crippen molar-refractivity contribution in [1.29, 1.82) is 0 Å². The van der Waals surface area contributed by atoms with Crippen molar-refractivity contribution in [3.05, 3.63) is 59.2 Å². The Morgan fingerprint density at radius 1 is 0.880 bits per heavy atom. The highest BCUT2D eigenvalue weighted by molar-refractivity contribution is 6.75. The molecule has 4 atom stereocenters. The molecule has 0 bridgehead atoms. The van der Waals surface area contributed by atoms with Gasteiger partial charge in [0.1, 0.15) is 17.6 Å². The second-order valence-electron chi connectivity index (χ2n) is 17.5. The number of amides is 2. The Hall–Kier alpha value is -2.63. The molecule has 0 aromatic heterocycles. The molecule has 1 heterocycles. The third-order valence-corrected chi connectivity index (χ3v) is 20.2. The van der Waals surface area contributed by atoms with Crippen LogP contribution in [0.15, 0.2) is 42.5 Å². The van der Waals surface area contributed by atoms with Gasteiger partial charge in [-0.1, -0.05) is 118 Å². The Morgan fingerprint density at radius 2 is 1.34 bits per heavy atom. The fourth-order valence-electron chi connectivity index (χ4n) is 6.04. The Morgan fingerprint density at radius 3 is 1.76 bits per heavy atom. The zero-order valence-corrected chi connectivity index (χ0v) is 35.6. The third-order valence-electron chi connectivity index (χ3n) is 11.5. The summed E-state index contributed by atoms with van der Waals surface area (Å²) in [6.07, 6.45) is 3.95. The van der Waals surface area contributed by atoms with Crippen LogP contribution in [-0.2, 0) is 9.53 Å². The van der Waals surface area contributed by atoms with Crippen molar-refractivity contribution in [3.63, 3.8) is 0 Å². The smallest absolute Gasteiger partial charge is 0.417 e. The fourth-order valence-corrected chi connectivity index (χ4v) is 8.09. The third kappa shape index (κ3) is 9.42. The second kappa shape index (κ2) is 16.4. The van der Waals surface area contributed by atoms with Crippen molar-refractivity contribution in [2.75, 3.05) is 0 Å². The van der Waals surface area contributed by atoms with Gasteiger partial charge in [0, 0.05) is 5.56 Å². The Bertz CT molecular complexity index is 1390. The highest BCUT2D eigenvalue weighted by Gasteiger charge is 2.47. The first kappa shape index (κ1) is 41.8. The molecule has 1 N–H and O–H groups in total. The normalized spacial score (nSPS) is 18.6. The Kier molecular flexibility index (Phi) is 13.7. The zero-order chi connectivity index (χ0) is 37.8. The summed E-state index contributed by atoms with van der Waals surface area (Å²) in [5.41, 5.74) is 2.48. The number of nitrogens with zero attached hydrogens (tertiary/aromatic N) is 1. The van der Waals surface area contributed by atoms with Crippen LogP contribution in [0, 0.1) is 5.92 Å².